The summed E-state index contributed by atoms with van der Waals surface area (Å²) in [6.45, 7) is 7.37. The highest BCUT2D eigenvalue weighted by molar-refractivity contribution is 9.11. The predicted molar refractivity (Wildman–Crippen MR) is 68.8 cm³/mol. The molecule has 0 unspecified atom stereocenters. The molecule has 0 amide bonds. The molecule has 0 saturated carbocycles. The molecule has 0 bridgehead atoms. The van der Waals surface area contributed by atoms with Crippen LogP contribution in [0.2, 0.25) is 0 Å². The number of halogens is 1. The van der Waals surface area contributed by atoms with Gasteiger partial charge in [-0.2, -0.15) is 5.26 Å². The number of nitrogens with zero attached hydrogens (tertiary/aromatic N) is 2. The van der Waals surface area contributed by atoms with Gasteiger partial charge in [0.1, 0.15) is 0 Å². The largest absolute Gasteiger partial charge is 0.285 e. The lowest BCUT2D eigenvalue weighted by molar-refractivity contribution is 0.478. The average Bonchev–Trinajstić information content (AvgIpc) is 2.28. The van der Waals surface area contributed by atoms with E-state index in [1.165, 1.54) is 5.01 Å². The minimum atomic E-state index is -0.541. The van der Waals surface area contributed by atoms with Crippen molar-refractivity contribution in [2.45, 2.75) is 13.8 Å². The third-order valence-corrected chi connectivity index (χ3v) is 3.13. The molecule has 0 aromatic heterocycles. The van der Waals surface area contributed by atoms with Crippen molar-refractivity contribution in [1.82, 2.24) is 5.01 Å². The van der Waals surface area contributed by atoms with Crippen LogP contribution in [0, 0.1) is 16.7 Å². The van der Waals surface area contributed by atoms with Crippen molar-refractivity contribution in [3.05, 3.63) is 46.8 Å². The summed E-state index contributed by atoms with van der Waals surface area (Å²) in [5.74, 6) is 5.86. The Morgan fingerprint density at radius 2 is 2.25 bits per heavy atom. The van der Waals surface area contributed by atoms with E-state index < -0.39 is 5.41 Å². The van der Waals surface area contributed by atoms with Crippen molar-refractivity contribution in [2.75, 3.05) is 0 Å². The molecule has 0 aliphatic carbocycles. The summed E-state index contributed by atoms with van der Waals surface area (Å²) in [5.41, 5.74) is 1.15. The number of hydrogen-bond acceptors (Lipinski definition) is 3. The first-order valence-electron chi connectivity index (χ1n) is 4.80. The summed E-state index contributed by atoms with van der Waals surface area (Å²) in [6, 6.07) is 2.24. The molecule has 2 N–H and O–H groups in total. The molecule has 0 aromatic rings. The molecule has 16 heavy (non-hydrogen) atoms. The highest BCUT2D eigenvalue weighted by atomic mass is 79.9. The number of hydrogen-bond donors (Lipinski definition) is 1. The quantitative estimate of drug-likeness (QED) is 0.791. The van der Waals surface area contributed by atoms with Crippen molar-refractivity contribution in [1.29, 1.82) is 5.26 Å². The van der Waals surface area contributed by atoms with Gasteiger partial charge >= 0.3 is 0 Å². The molecule has 0 fully saturated rings. The summed E-state index contributed by atoms with van der Waals surface area (Å²) >= 11 is 3.36. The van der Waals surface area contributed by atoms with E-state index in [0.717, 1.165) is 15.8 Å². The summed E-state index contributed by atoms with van der Waals surface area (Å²) < 4.78 is 0.816. The standard InChI is InChI=1S/C12H14BrN3/c1-4-10(13)11-6-5-9(7-16(11)15)12(2,3)8-14/h4-7H,1,15H2,2-3H3/b11-10+. The number of allylic oxidation sites excluding steroid dienone is 5. The number of nitrogens with two attached hydrogens (primary N) is 1. The highest BCUT2D eigenvalue weighted by Gasteiger charge is 2.24. The first-order chi connectivity index (χ1) is 7.42. The van der Waals surface area contributed by atoms with Crippen LogP contribution in [0.5, 0.6) is 0 Å². The lowest BCUT2D eigenvalue weighted by Gasteiger charge is -2.26. The fraction of sp³-hybridized carbons (Fsp3) is 0.250. The Hall–Kier alpha value is -1.31. The van der Waals surface area contributed by atoms with E-state index in [9.17, 15) is 0 Å². The third-order valence-electron chi connectivity index (χ3n) is 2.40. The minimum absolute atomic E-state index is 0.541. The van der Waals surface area contributed by atoms with Gasteiger partial charge in [-0.25, -0.2) is 5.84 Å². The molecule has 0 atom stereocenters. The molecular formula is C12H14BrN3. The second kappa shape index (κ2) is 4.69. The minimum Gasteiger partial charge on any atom is -0.285 e. The van der Waals surface area contributed by atoms with E-state index in [4.69, 9.17) is 11.1 Å². The van der Waals surface area contributed by atoms with Gasteiger partial charge in [-0.3, -0.25) is 5.01 Å². The van der Waals surface area contributed by atoms with Crippen molar-refractivity contribution >= 4 is 15.9 Å². The number of rotatable bonds is 2. The van der Waals surface area contributed by atoms with Gasteiger partial charge < -0.3 is 0 Å². The topological polar surface area (TPSA) is 53.0 Å². The van der Waals surface area contributed by atoms with E-state index >= 15 is 0 Å². The number of hydrazine groups is 1. The average molecular weight is 280 g/mol. The molecule has 4 heteroatoms. The molecule has 0 aromatic carbocycles. The molecule has 1 rings (SSSR count). The van der Waals surface area contributed by atoms with Gasteiger partial charge in [0, 0.05) is 10.7 Å². The monoisotopic (exact) mass is 279 g/mol. The smallest absolute Gasteiger partial charge is 0.0780 e. The maximum absolute atomic E-state index is 9.03. The summed E-state index contributed by atoms with van der Waals surface area (Å²) in [6.07, 6.45) is 7.18. The summed E-state index contributed by atoms with van der Waals surface area (Å²) in [7, 11) is 0. The molecular weight excluding hydrogens is 266 g/mol. The fourth-order valence-electron chi connectivity index (χ4n) is 1.26. The van der Waals surface area contributed by atoms with Gasteiger partial charge in [0.15, 0.2) is 0 Å². The lowest BCUT2D eigenvalue weighted by Crippen LogP contribution is -2.28. The highest BCUT2D eigenvalue weighted by Crippen LogP contribution is 2.31. The van der Waals surface area contributed by atoms with Crippen LogP contribution < -0.4 is 5.84 Å². The zero-order valence-corrected chi connectivity index (χ0v) is 11.0. The zero-order valence-electron chi connectivity index (χ0n) is 9.37. The molecule has 0 saturated heterocycles. The van der Waals surface area contributed by atoms with Crippen LogP contribution in [0.4, 0.5) is 0 Å². The first-order valence-corrected chi connectivity index (χ1v) is 5.59. The number of nitriles is 1. The maximum Gasteiger partial charge on any atom is 0.0780 e. The lowest BCUT2D eigenvalue weighted by atomic mass is 9.85. The molecule has 0 spiro atoms. The van der Waals surface area contributed by atoms with Gasteiger partial charge in [-0.05, 0) is 41.4 Å². The molecule has 1 heterocycles. The van der Waals surface area contributed by atoms with E-state index in [0.29, 0.717) is 0 Å². The van der Waals surface area contributed by atoms with E-state index in [1.54, 1.807) is 12.3 Å². The Morgan fingerprint density at radius 3 is 2.69 bits per heavy atom. The normalized spacial score (nSPS) is 18.9. The molecule has 3 nitrogen and oxygen atoms in total. The molecule has 84 valence electrons. The van der Waals surface area contributed by atoms with Crippen LogP contribution in [-0.4, -0.2) is 5.01 Å². The second-order valence-electron chi connectivity index (χ2n) is 4.00. The van der Waals surface area contributed by atoms with Gasteiger partial charge in [0.25, 0.3) is 0 Å². The first kappa shape index (κ1) is 12.8. The zero-order chi connectivity index (χ0) is 12.3. The summed E-state index contributed by atoms with van der Waals surface area (Å²) in [5, 5.41) is 10.5. The SMILES string of the molecule is C=C/C(Br)=C1/C=CC(C(C)(C)C#N)=CN1N. The van der Waals surface area contributed by atoms with E-state index in [1.807, 2.05) is 26.0 Å². The van der Waals surface area contributed by atoms with Gasteiger partial charge in [-0.1, -0.05) is 18.7 Å². The van der Waals surface area contributed by atoms with Crippen molar-refractivity contribution in [3.8, 4) is 6.07 Å². The molecule has 0 radical (unpaired) electrons. The van der Waals surface area contributed by atoms with Crippen molar-refractivity contribution in [3.63, 3.8) is 0 Å². The summed E-state index contributed by atoms with van der Waals surface area (Å²) in [4.78, 5) is 0. The maximum atomic E-state index is 9.03. The Kier molecular flexibility index (Phi) is 3.74. The third kappa shape index (κ3) is 2.43. The van der Waals surface area contributed by atoms with Crippen molar-refractivity contribution < 1.29 is 0 Å². The Morgan fingerprint density at radius 1 is 1.62 bits per heavy atom. The Labute approximate surface area is 104 Å². The Bertz CT molecular complexity index is 436. The van der Waals surface area contributed by atoms with Gasteiger partial charge in [0.05, 0.1) is 17.2 Å². The van der Waals surface area contributed by atoms with Crippen LogP contribution in [0.25, 0.3) is 0 Å². The molecule has 1 aliphatic heterocycles. The van der Waals surface area contributed by atoms with Crippen LogP contribution in [0.1, 0.15) is 13.8 Å². The fourth-order valence-corrected chi connectivity index (χ4v) is 1.60. The van der Waals surface area contributed by atoms with Gasteiger partial charge in [0.2, 0.25) is 0 Å². The van der Waals surface area contributed by atoms with Crippen LogP contribution in [0.15, 0.2) is 46.8 Å². The van der Waals surface area contributed by atoms with Crippen LogP contribution in [0.3, 0.4) is 0 Å². The van der Waals surface area contributed by atoms with E-state index in [-0.39, 0.29) is 0 Å². The van der Waals surface area contributed by atoms with Crippen LogP contribution in [-0.2, 0) is 0 Å². The van der Waals surface area contributed by atoms with Gasteiger partial charge in [-0.15, -0.1) is 0 Å². The molecule has 1 aliphatic rings. The van der Waals surface area contributed by atoms with Crippen LogP contribution >= 0.6 is 15.9 Å². The second-order valence-corrected chi connectivity index (χ2v) is 4.85. The Balaban J connectivity index is 3.10. The predicted octanol–water partition coefficient (Wildman–Crippen LogP) is 2.96. The van der Waals surface area contributed by atoms with Crippen molar-refractivity contribution in [2.24, 2.45) is 11.3 Å². The van der Waals surface area contributed by atoms with E-state index in [2.05, 4.69) is 28.6 Å².